The zero-order chi connectivity index (χ0) is 17.5. The Morgan fingerprint density at radius 3 is 3.04 bits per heavy atom. The van der Waals surface area contributed by atoms with Gasteiger partial charge in [-0.15, -0.1) is 11.3 Å². The smallest absolute Gasteiger partial charge is 0.267 e. The van der Waals surface area contributed by atoms with Crippen LogP contribution in [0.15, 0.2) is 10.9 Å². The van der Waals surface area contributed by atoms with E-state index in [0.29, 0.717) is 25.8 Å². The number of nitrogens with zero attached hydrogens (tertiary/aromatic N) is 4. The first-order valence-electron chi connectivity index (χ1n) is 9.71. The molecule has 1 saturated heterocycles. The van der Waals surface area contributed by atoms with Gasteiger partial charge in [0.25, 0.3) is 5.56 Å². The van der Waals surface area contributed by atoms with Crippen LogP contribution in [0.3, 0.4) is 0 Å². The van der Waals surface area contributed by atoms with E-state index >= 15 is 0 Å². The number of aryl methyl sites for hydroxylation is 2. The molecule has 0 spiro atoms. The van der Waals surface area contributed by atoms with Crippen molar-refractivity contribution >= 4 is 16.5 Å². The first-order valence-corrected chi connectivity index (χ1v) is 10.5. The maximum atomic E-state index is 12.5. The third-order valence-electron chi connectivity index (χ3n) is 5.75. The van der Waals surface area contributed by atoms with Crippen LogP contribution in [0.5, 0.6) is 0 Å². The normalized spacial score (nSPS) is 22.3. The molecule has 0 saturated carbocycles. The molecule has 0 aromatic carbocycles. The summed E-state index contributed by atoms with van der Waals surface area (Å²) in [5.41, 5.74) is 3.27. The van der Waals surface area contributed by atoms with Crippen LogP contribution in [0.2, 0.25) is 0 Å². The third kappa shape index (κ3) is 2.97. The van der Waals surface area contributed by atoms with Crippen LogP contribution in [0.25, 0.3) is 0 Å². The minimum Gasteiger partial charge on any atom is -0.376 e. The number of rotatable bonds is 3. The summed E-state index contributed by atoms with van der Waals surface area (Å²) in [4.78, 5) is 21.3. The van der Waals surface area contributed by atoms with Crippen molar-refractivity contribution < 1.29 is 4.74 Å². The first-order chi connectivity index (χ1) is 12.8. The highest BCUT2D eigenvalue weighted by Crippen LogP contribution is 2.35. The fourth-order valence-electron chi connectivity index (χ4n) is 4.32. The Balaban J connectivity index is 1.39. The minimum atomic E-state index is -0.0143. The van der Waals surface area contributed by atoms with Gasteiger partial charge in [-0.2, -0.15) is 5.10 Å². The van der Waals surface area contributed by atoms with Gasteiger partial charge in [-0.25, -0.2) is 9.67 Å². The van der Waals surface area contributed by atoms with E-state index in [1.807, 2.05) is 11.3 Å². The lowest BCUT2D eigenvalue weighted by Crippen LogP contribution is -2.38. The Labute approximate surface area is 156 Å². The SMILES string of the molecule is O=c1cc2c(nn1CC1CCCN1c1nc3c(s1)CCCC3)CCOC2. The average molecular weight is 372 g/mol. The highest BCUT2D eigenvalue weighted by molar-refractivity contribution is 7.15. The van der Waals surface area contributed by atoms with Crippen molar-refractivity contribution in [1.29, 1.82) is 0 Å². The molecular weight excluding hydrogens is 348 g/mol. The summed E-state index contributed by atoms with van der Waals surface area (Å²) in [6.45, 7) is 2.89. The average Bonchev–Trinajstić information content (AvgIpc) is 3.28. The summed E-state index contributed by atoms with van der Waals surface area (Å²) < 4.78 is 7.10. The lowest BCUT2D eigenvalue weighted by molar-refractivity contribution is 0.108. The quantitative estimate of drug-likeness (QED) is 0.828. The standard InChI is InChI=1S/C19H24N4O2S/c24-18-10-13-12-25-9-7-15(13)21-23(18)11-14-4-3-8-22(14)19-20-16-5-1-2-6-17(16)26-19/h10,14H,1-9,11-12H2. The first kappa shape index (κ1) is 16.4. The van der Waals surface area contributed by atoms with Gasteiger partial charge in [-0.1, -0.05) is 0 Å². The van der Waals surface area contributed by atoms with E-state index in [1.165, 1.54) is 29.8 Å². The predicted octanol–water partition coefficient (Wildman–Crippen LogP) is 2.32. The summed E-state index contributed by atoms with van der Waals surface area (Å²) in [7, 11) is 0. The number of ether oxygens (including phenoxy) is 1. The van der Waals surface area contributed by atoms with Gasteiger partial charge in [0.1, 0.15) is 0 Å². The molecule has 0 radical (unpaired) electrons. The summed E-state index contributed by atoms with van der Waals surface area (Å²) in [5.74, 6) is 0. The van der Waals surface area contributed by atoms with Crippen LogP contribution in [0.4, 0.5) is 5.13 Å². The van der Waals surface area contributed by atoms with Gasteiger partial charge in [-0.3, -0.25) is 4.79 Å². The lowest BCUT2D eigenvalue weighted by Gasteiger charge is -2.25. The zero-order valence-electron chi connectivity index (χ0n) is 14.9. The second-order valence-electron chi connectivity index (χ2n) is 7.50. The Morgan fingerprint density at radius 2 is 2.12 bits per heavy atom. The van der Waals surface area contributed by atoms with Gasteiger partial charge in [0.2, 0.25) is 0 Å². The van der Waals surface area contributed by atoms with Crippen molar-refractivity contribution in [3.05, 3.63) is 38.2 Å². The van der Waals surface area contributed by atoms with Gasteiger partial charge in [0, 0.05) is 29.5 Å². The van der Waals surface area contributed by atoms with Gasteiger partial charge < -0.3 is 9.64 Å². The molecule has 1 atom stereocenters. The number of hydrogen-bond acceptors (Lipinski definition) is 6. The lowest BCUT2D eigenvalue weighted by atomic mass is 10.0. The number of anilines is 1. The molecule has 26 heavy (non-hydrogen) atoms. The number of aromatic nitrogens is 3. The molecule has 3 aliphatic rings. The number of thiazole rings is 1. The Bertz CT molecular complexity index is 851. The largest absolute Gasteiger partial charge is 0.376 e. The van der Waals surface area contributed by atoms with E-state index < -0.39 is 0 Å². The highest BCUT2D eigenvalue weighted by atomic mass is 32.1. The molecule has 2 aromatic heterocycles. The van der Waals surface area contributed by atoms with Crippen molar-refractivity contribution in [1.82, 2.24) is 14.8 Å². The Kier molecular flexibility index (Phi) is 4.29. The number of hydrogen-bond donors (Lipinski definition) is 0. The molecule has 2 aliphatic heterocycles. The summed E-state index contributed by atoms with van der Waals surface area (Å²) in [6, 6.07) is 2.02. The molecule has 6 nitrogen and oxygen atoms in total. The molecule has 0 amide bonds. The van der Waals surface area contributed by atoms with Crippen LogP contribution >= 0.6 is 11.3 Å². The van der Waals surface area contributed by atoms with E-state index in [2.05, 4.69) is 10.00 Å². The molecule has 7 heteroatoms. The maximum absolute atomic E-state index is 12.5. The van der Waals surface area contributed by atoms with E-state index in [9.17, 15) is 4.79 Å². The molecule has 1 unspecified atom stereocenters. The van der Waals surface area contributed by atoms with Crippen molar-refractivity contribution in [2.45, 2.75) is 64.1 Å². The van der Waals surface area contributed by atoms with Crippen molar-refractivity contribution in [2.75, 3.05) is 18.1 Å². The van der Waals surface area contributed by atoms with Crippen molar-refractivity contribution in [2.24, 2.45) is 0 Å². The topological polar surface area (TPSA) is 60.2 Å². The fourth-order valence-corrected chi connectivity index (χ4v) is 5.57. The minimum absolute atomic E-state index is 0.0143. The summed E-state index contributed by atoms with van der Waals surface area (Å²) in [5, 5.41) is 5.80. The molecular formula is C19H24N4O2S. The highest BCUT2D eigenvalue weighted by Gasteiger charge is 2.29. The molecule has 2 aromatic rings. The molecule has 1 aliphatic carbocycles. The van der Waals surface area contributed by atoms with Crippen LogP contribution in [0.1, 0.15) is 47.5 Å². The van der Waals surface area contributed by atoms with Gasteiger partial charge >= 0.3 is 0 Å². The van der Waals surface area contributed by atoms with Crippen LogP contribution in [-0.4, -0.2) is 34.0 Å². The zero-order valence-corrected chi connectivity index (χ0v) is 15.8. The molecule has 138 valence electrons. The predicted molar refractivity (Wildman–Crippen MR) is 101 cm³/mol. The molecule has 5 rings (SSSR count). The second kappa shape index (κ2) is 6.78. The Hall–Kier alpha value is -1.73. The van der Waals surface area contributed by atoms with Gasteiger partial charge in [0.15, 0.2) is 5.13 Å². The van der Waals surface area contributed by atoms with E-state index in [4.69, 9.17) is 9.72 Å². The molecule has 1 fully saturated rings. The fraction of sp³-hybridized carbons (Fsp3) is 0.632. The molecule has 4 heterocycles. The van der Waals surface area contributed by atoms with Gasteiger partial charge in [0.05, 0.1) is 37.2 Å². The van der Waals surface area contributed by atoms with Crippen LogP contribution < -0.4 is 10.5 Å². The van der Waals surface area contributed by atoms with E-state index in [1.54, 1.807) is 10.7 Å². The second-order valence-corrected chi connectivity index (χ2v) is 8.56. The van der Waals surface area contributed by atoms with Crippen LogP contribution in [0, 0.1) is 0 Å². The molecule has 0 bridgehead atoms. The van der Waals surface area contributed by atoms with Crippen molar-refractivity contribution in [3.8, 4) is 0 Å². The van der Waals surface area contributed by atoms with Crippen molar-refractivity contribution in [3.63, 3.8) is 0 Å². The van der Waals surface area contributed by atoms with E-state index in [-0.39, 0.29) is 5.56 Å². The molecule has 0 N–H and O–H groups in total. The van der Waals surface area contributed by atoms with Gasteiger partial charge in [-0.05, 0) is 38.5 Å². The third-order valence-corrected chi connectivity index (χ3v) is 6.94. The monoisotopic (exact) mass is 372 g/mol. The maximum Gasteiger partial charge on any atom is 0.267 e. The summed E-state index contributed by atoms with van der Waals surface area (Å²) in [6.07, 6.45) is 7.90. The number of fused-ring (bicyclic) bond motifs is 2. The van der Waals surface area contributed by atoms with E-state index in [0.717, 1.165) is 48.6 Å². The Morgan fingerprint density at radius 1 is 1.19 bits per heavy atom. The van der Waals surface area contributed by atoms with Crippen LogP contribution in [-0.2, 0) is 37.2 Å². The summed E-state index contributed by atoms with van der Waals surface area (Å²) >= 11 is 1.86.